The first-order chi connectivity index (χ1) is 7.61. The molecule has 16 heavy (non-hydrogen) atoms. The Bertz CT molecular complexity index is 551. The molecular weight excluding hydrogens is 375 g/mol. The maximum atomic E-state index is 12.2. The molecule has 2 aromatic rings. The second-order valence-electron chi connectivity index (χ2n) is 3.04. The highest BCUT2D eigenvalue weighted by Crippen LogP contribution is 2.34. The predicted octanol–water partition coefficient (Wildman–Crippen LogP) is 5.16. The molecule has 1 heterocycles. The topological polar surface area (TPSA) is 17.1 Å². The zero-order valence-electron chi connectivity index (χ0n) is 7.84. The molecule has 82 valence electrons. The molecule has 0 N–H and O–H groups in total. The standard InChI is InChI=1S/C11H5Br2ClOS/c12-7-5-16-11(9(7)13)10(15)6-3-1-2-4-8(6)14/h1-5H. The molecule has 0 aliphatic heterocycles. The molecule has 1 aromatic carbocycles. The third kappa shape index (κ3) is 2.25. The van der Waals surface area contributed by atoms with Crippen LogP contribution in [0, 0.1) is 0 Å². The van der Waals surface area contributed by atoms with E-state index in [1.807, 2.05) is 5.38 Å². The molecule has 0 amide bonds. The third-order valence-electron chi connectivity index (χ3n) is 2.01. The van der Waals surface area contributed by atoms with Gasteiger partial charge in [0.15, 0.2) is 0 Å². The smallest absolute Gasteiger partial charge is 0.205 e. The lowest BCUT2D eigenvalue weighted by Crippen LogP contribution is -2.00. The normalized spacial score (nSPS) is 10.4. The highest BCUT2D eigenvalue weighted by Gasteiger charge is 2.18. The lowest BCUT2D eigenvalue weighted by atomic mass is 10.1. The number of rotatable bonds is 2. The summed E-state index contributed by atoms with van der Waals surface area (Å²) in [6, 6.07) is 7.05. The Morgan fingerprint density at radius 2 is 1.94 bits per heavy atom. The minimum absolute atomic E-state index is 0.0619. The number of benzene rings is 1. The van der Waals surface area contributed by atoms with Crippen LogP contribution in [-0.4, -0.2) is 5.78 Å². The van der Waals surface area contributed by atoms with Gasteiger partial charge in [-0.15, -0.1) is 11.3 Å². The molecule has 1 nitrogen and oxygen atoms in total. The number of ketones is 1. The summed E-state index contributed by atoms with van der Waals surface area (Å²) in [6.07, 6.45) is 0. The largest absolute Gasteiger partial charge is 0.288 e. The highest BCUT2D eigenvalue weighted by molar-refractivity contribution is 9.13. The molecule has 0 saturated heterocycles. The SMILES string of the molecule is O=C(c1ccccc1Cl)c1scc(Br)c1Br. The van der Waals surface area contributed by atoms with Crippen LogP contribution in [0.1, 0.15) is 15.2 Å². The number of hydrogen-bond acceptors (Lipinski definition) is 2. The molecule has 0 radical (unpaired) electrons. The summed E-state index contributed by atoms with van der Waals surface area (Å²) in [7, 11) is 0. The Labute approximate surface area is 119 Å². The van der Waals surface area contributed by atoms with Crippen molar-refractivity contribution in [3.05, 3.63) is 54.1 Å². The molecule has 0 bridgehead atoms. The van der Waals surface area contributed by atoms with Crippen LogP contribution in [0.5, 0.6) is 0 Å². The van der Waals surface area contributed by atoms with Gasteiger partial charge in [0.25, 0.3) is 0 Å². The van der Waals surface area contributed by atoms with E-state index in [0.29, 0.717) is 15.5 Å². The molecular formula is C11H5Br2ClOS. The molecule has 0 spiro atoms. The Balaban J connectivity index is 2.48. The van der Waals surface area contributed by atoms with E-state index in [9.17, 15) is 4.79 Å². The Morgan fingerprint density at radius 1 is 1.25 bits per heavy atom. The summed E-state index contributed by atoms with van der Waals surface area (Å²) < 4.78 is 1.66. The first-order valence-corrected chi connectivity index (χ1v) is 7.17. The van der Waals surface area contributed by atoms with E-state index < -0.39 is 0 Å². The zero-order chi connectivity index (χ0) is 11.7. The van der Waals surface area contributed by atoms with Crippen LogP contribution in [0.2, 0.25) is 5.02 Å². The van der Waals surface area contributed by atoms with Crippen molar-refractivity contribution in [1.29, 1.82) is 0 Å². The van der Waals surface area contributed by atoms with Gasteiger partial charge in [-0.1, -0.05) is 23.7 Å². The average molecular weight is 380 g/mol. The van der Waals surface area contributed by atoms with E-state index in [1.165, 1.54) is 11.3 Å². The van der Waals surface area contributed by atoms with Crippen molar-refractivity contribution in [3.8, 4) is 0 Å². The molecule has 0 fully saturated rings. The molecule has 0 atom stereocenters. The van der Waals surface area contributed by atoms with Gasteiger partial charge < -0.3 is 0 Å². The van der Waals surface area contributed by atoms with E-state index >= 15 is 0 Å². The van der Waals surface area contributed by atoms with Crippen LogP contribution in [0.25, 0.3) is 0 Å². The molecule has 2 rings (SSSR count). The second kappa shape index (κ2) is 5.00. The summed E-state index contributed by atoms with van der Waals surface area (Å²) in [4.78, 5) is 12.8. The molecule has 1 aromatic heterocycles. The van der Waals surface area contributed by atoms with Gasteiger partial charge in [-0.3, -0.25) is 4.79 Å². The summed E-state index contributed by atoms with van der Waals surface area (Å²) >= 11 is 14.1. The van der Waals surface area contributed by atoms with Gasteiger partial charge in [0.2, 0.25) is 5.78 Å². The lowest BCUT2D eigenvalue weighted by molar-refractivity contribution is 0.104. The van der Waals surface area contributed by atoms with Gasteiger partial charge in [0.05, 0.1) is 14.4 Å². The summed E-state index contributed by atoms with van der Waals surface area (Å²) in [5, 5.41) is 2.35. The minimum Gasteiger partial charge on any atom is -0.288 e. The lowest BCUT2D eigenvalue weighted by Gasteiger charge is -2.01. The Morgan fingerprint density at radius 3 is 2.50 bits per heavy atom. The van der Waals surface area contributed by atoms with E-state index in [0.717, 1.165) is 8.95 Å². The number of hydrogen-bond donors (Lipinski definition) is 0. The van der Waals surface area contributed by atoms with Crippen LogP contribution < -0.4 is 0 Å². The van der Waals surface area contributed by atoms with Crippen molar-refractivity contribution in [2.24, 2.45) is 0 Å². The average Bonchev–Trinajstić information content (AvgIpc) is 2.60. The number of carbonyl (C=O) groups excluding carboxylic acids is 1. The van der Waals surface area contributed by atoms with Crippen molar-refractivity contribution in [2.45, 2.75) is 0 Å². The molecule has 0 aliphatic rings. The molecule has 0 unspecified atom stereocenters. The van der Waals surface area contributed by atoms with Gasteiger partial charge in [0, 0.05) is 15.4 Å². The Hall–Kier alpha value is -0.160. The van der Waals surface area contributed by atoms with Gasteiger partial charge in [-0.2, -0.15) is 0 Å². The van der Waals surface area contributed by atoms with Crippen molar-refractivity contribution in [1.82, 2.24) is 0 Å². The number of halogens is 3. The predicted molar refractivity (Wildman–Crippen MR) is 74.6 cm³/mol. The maximum absolute atomic E-state index is 12.2. The zero-order valence-corrected chi connectivity index (χ0v) is 12.6. The van der Waals surface area contributed by atoms with Crippen molar-refractivity contribution in [3.63, 3.8) is 0 Å². The third-order valence-corrected chi connectivity index (χ3v) is 5.87. The Kier molecular flexibility index (Phi) is 3.85. The fraction of sp³-hybridized carbons (Fsp3) is 0. The number of thiophene rings is 1. The van der Waals surface area contributed by atoms with Gasteiger partial charge in [-0.05, 0) is 44.0 Å². The molecule has 5 heteroatoms. The summed E-state index contributed by atoms with van der Waals surface area (Å²) in [5.41, 5.74) is 0.527. The van der Waals surface area contributed by atoms with Gasteiger partial charge in [-0.25, -0.2) is 0 Å². The minimum atomic E-state index is -0.0619. The quantitative estimate of drug-likeness (QED) is 0.658. The maximum Gasteiger partial charge on any atom is 0.205 e. The summed E-state index contributed by atoms with van der Waals surface area (Å²) in [6.45, 7) is 0. The van der Waals surface area contributed by atoms with Gasteiger partial charge in [0.1, 0.15) is 0 Å². The van der Waals surface area contributed by atoms with Crippen LogP contribution >= 0.6 is 54.8 Å². The van der Waals surface area contributed by atoms with E-state index in [-0.39, 0.29) is 5.78 Å². The van der Waals surface area contributed by atoms with E-state index in [4.69, 9.17) is 11.6 Å². The molecule has 0 saturated carbocycles. The first-order valence-electron chi connectivity index (χ1n) is 4.33. The van der Waals surface area contributed by atoms with Crippen molar-refractivity contribution < 1.29 is 4.79 Å². The van der Waals surface area contributed by atoms with Crippen LogP contribution in [-0.2, 0) is 0 Å². The second-order valence-corrected chi connectivity index (χ2v) is 5.97. The summed E-state index contributed by atoms with van der Waals surface area (Å²) in [5.74, 6) is -0.0619. The number of carbonyl (C=O) groups is 1. The van der Waals surface area contributed by atoms with Crippen LogP contribution in [0.3, 0.4) is 0 Å². The van der Waals surface area contributed by atoms with E-state index in [2.05, 4.69) is 31.9 Å². The monoisotopic (exact) mass is 378 g/mol. The highest BCUT2D eigenvalue weighted by atomic mass is 79.9. The van der Waals surface area contributed by atoms with Gasteiger partial charge >= 0.3 is 0 Å². The first kappa shape index (κ1) is 12.3. The van der Waals surface area contributed by atoms with E-state index in [1.54, 1.807) is 24.3 Å². The fourth-order valence-corrected chi connectivity index (χ4v) is 3.57. The van der Waals surface area contributed by atoms with Crippen LogP contribution in [0.15, 0.2) is 38.6 Å². The van der Waals surface area contributed by atoms with Crippen molar-refractivity contribution >= 4 is 60.6 Å². The fourth-order valence-electron chi connectivity index (χ4n) is 1.24. The van der Waals surface area contributed by atoms with Crippen molar-refractivity contribution in [2.75, 3.05) is 0 Å². The van der Waals surface area contributed by atoms with Crippen LogP contribution in [0.4, 0.5) is 0 Å². The molecule has 0 aliphatic carbocycles.